The molecule has 2 radical (unpaired) electrons. The Hall–Kier alpha value is -1.31. The van der Waals surface area contributed by atoms with Crippen molar-refractivity contribution in [2.75, 3.05) is 0 Å². The van der Waals surface area contributed by atoms with Gasteiger partial charge in [-0.1, -0.05) is 30.3 Å². The number of esters is 1. The zero-order chi connectivity index (χ0) is 8.10. The predicted molar refractivity (Wildman–Crippen MR) is 40.5 cm³/mol. The molecular formula is C9H8O2. The largest absolute Gasteiger partial charge is 0.461 e. The highest BCUT2D eigenvalue weighted by Gasteiger charge is 1.93. The van der Waals surface area contributed by atoms with Crippen LogP contribution in [0.4, 0.5) is 0 Å². The minimum atomic E-state index is -0.742. The van der Waals surface area contributed by atoms with Crippen LogP contribution in [0.5, 0.6) is 0 Å². The Bertz CT molecular complexity index is 229. The van der Waals surface area contributed by atoms with Crippen molar-refractivity contribution in [2.24, 2.45) is 0 Å². The van der Waals surface area contributed by atoms with Gasteiger partial charge in [-0.2, -0.15) is 0 Å². The number of rotatable bonds is 2. The van der Waals surface area contributed by atoms with Crippen LogP contribution in [-0.2, 0) is 16.1 Å². The van der Waals surface area contributed by atoms with E-state index in [4.69, 9.17) is 6.92 Å². The molecule has 11 heavy (non-hydrogen) atoms. The van der Waals surface area contributed by atoms with E-state index in [1.807, 2.05) is 30.3 Å². The fourth-order valence-electron chi connectivity index (χ4n) is 0.729. The first-order valence-electron chi connectivity index (χ1n) is 3.25. The van der Waals surface area contributed by atoms with Gasteiger partial charge in [0.2, 0.25) is 0 Å². The second-order valence-corrected chi connectivity index (χ2v) is 2.09. The van der Waals surface area contributed by atoms with Gasteiger partial charge in [-0.05, 0) is 5.56 Å². The average Bonchev–Trinajstić information content (AvgIpc) is 2.03. The molecule has 0 aliphatic carbocycles. The topological polar surface area (TPSA) is 26.3 Å². The summed E-state index contributed by atoms with van der Waals surface area (Å²) in [5.41, 5.74) is 0.936. The lowest BCUT2D eigenvalue weighted by Crippen LogP contribution is -1.98. The van der Waals surface area contributed by atoms with Crippen molar-refractivity contribution in [1.82, 2.24) is 0 Å². The van der Waals surface area contributed by atoms with Gasteiger partial charge in [0.15, 0.2) is 0 Å². The molecule has 0 bridgehead atoms. The van der Waals surface area contributed by atoms with Gasteiger partial charge in [-0.25, -0.2) is 0 Å². The van der Waals surface area contributed by atoms with E-state index in [2.05, 4.69) is 4.74 Å². The van der Waals surface area contributed by atoms with Crippen LogP contribution in [0, 0.1) is 6.92 Å². The van der Waals surface area contributed by atoms with Crippen molar-refractivity contribution in [3.63, 3.8) is 0 Å². The Kier molecular flexibility index (Phi) is 2.66. The van der Waals surface area contributed by atoms with Crippen LogP contribution < -0.4 is 0 Å². The SMILES string of the molecule is [CH]C(=O)OCc1ccccc1. The monoisotopic (exact) mass is 148 g/mol. The van der Waals surface area contributed by atoms with Crippen molar-refractivity contribution in [1.29, 1.82) is 0 Å². The van der Waals surface area contributed by atoms with Crippen LogP contribution in [-0.4, -0.2) is 5.97 Å². The lowest BCUT2D eigenvalue weighted by atomic mass is 10.2. The Morgan fingerprint density at radius 2 is 2.00 bits per heavy atom. The maximum absolute atomic E-state index is 10.2. The fraction of sp³-hybridized carbons (Fsp3) is 0.111. The van der Waals surface area contributed by atoms with Gasteiger partial charge in [0.25, 0.3) is 0 Å². The molecule has 2 heteroatoms. The first-order chi connectivity index (χ1) is 5.29. The molecule has 1 aromatic rings. The Labute approximate surface area is 65.8 Å². The lowest BCUT2D eigenvalue weighted by molar-refractivity contribution is -0.139. The first-order valence-corrected chi connectivity index (χ1v) is 3.25. The summed E-state index contributed by atoms with van der Waals surface area (Å²) in [5, 5.41) is 0. The van der Waals surface area contributed by atoms with E-state index >= 15 is 0 Å². The number of carbonyl (C=O) groups excluding carboxylic acids is 1. The number of ether oxygens (including phenoxy) is 1. The fourth-order valence-corrected chi connectivity index (χ4v) is 0.729. The van der Waals surface area contributed by atoms with Crippen molar-refractivity contribution in [3.8, 4) is 0 Å². The van der Waals surface area contributed by atoms with Crippen molar-refractivity contribution in [2.45, 2.75) is 6.61 Å². The van der Waals surface area contributed by atoms with E-state index in [0.717, 1.165) is 5.56 Å². The molecule has 0 aromatic heterocycles. The summed E-state index contributed by atoms with van der Waals surface area (Å²) >= 11 is 0. The highest BCUT2D eigenvalue weighted by atomic mass is 16.5. The van der Waals surface area contributed by atoms with E-state index in [-0.39, 0.29) is 6.61 Å². The summed E-state index contributed by atoms with van der Waals surface area (Å²) in [6.45, 7) is 5.03. The highest BCUT2D eigenvalue weighted by Crippen LogP contribution is 1.99. The number of hydrogen-bond donors (Lipinski definition) is 0. The quantitative estimate of drug-likeness (QED) is 0.593. The molecule has 0 unspecified atom stereocenters. The Morgan fingerprint density at radius 1 is 1.36 bits per heavy atom. The van der Waals surface area contributed by atoms with Crippen molar-refractivity contribution < 1.29 is 9.53 Å². The highest BCUT2D eigenvalue weighted by molar-refractivity contribution is 5.73. The molecule has 0 heterocycles. The van der Waals surface area contributed by atoms with Crippen LogP contribution in [0.15, 0.2) is 30.3 Å². The standard InChI is InChI=1S/C9H8O2/c1-8(10)11-7-9-5-3-2-4-6-9/h1-6H,7H2. The number of hydrogen-bond acceptors (Lipinski definition) is 2. The van der Waals surface area contributed by atoms with Gasteiger partial charge in [0.05, 0.1) is 6.92 Å². The summed E-state index contributed by atoms with van der Waals surface area (Å²) in [4.78, 5) is 10.2. The van der Waals surface area contributed by atoms with E-state index in [9.17, 15) is 4.79 Å². The van der Waals surface area contributed by atoms with Gasteiger partial charge in [-0.15, -0.1) is 0 Å². The van der Waals surface area contributed by atoms with Crippen LogP contribution in [0.3, 0.4) is 0 Å². The molecule has 56 valence electrons. The molecule has 0 atom stereocenters. The molecule has 0 saturated carbocycles. The molecule has 0 N–H and O–H groups in total. The van der Waals surface area contributed by atoms with Gasteiger partial charge in [0.1, 0.15) is 6.61 Å². The van der Waals surface area contributed by atoms with Gasteiger partial charge < -0.3 is 4.74 Å². The molecule has 2 nitrogen and oxygen atoms in total. The maximum Gasteiger partial charge on any atom is 0.311 e. The van der Waals surface area contributed by atoms with E-state index in [1.54, 1.807) is 0 Å². The zero-order valence-electron chi connectivity index (χ0n) is 5.99. The molecule has 0 aliphatic heterocycles. The maximum atomic E-state index is 10.2. The summed E-state index contributed by atoms with van der Waals surface area (Å²) < 4.78 is 4.57. The molecule has 0 amide bonds. The molecule has 0 aliphatic rings. The molecule has 0 saturated heterocycles. The molecule has 0 fully saturated rings. The Balaban J connectivity index is 2.45. The first kappa shape index (κ1) is 7.79. The zero-order valence-corrected chi connectivity index (χ0v) is 5.99. The second kappa shape index (κ2) is 3.76. The summed E-state index contributed by atoms with van der Waals surface area (Å²) in [6.07, 6.45) is 0. The molecule has 1 aromatic carbocycles. The Morgan fingerprint density at radius 3 is 2.55 bits per heavy atom. The number of carbonyl (C=O) groups is 1. The normalized spacial score (nSPS) is 9.18. The predicted octanol–water partition coefficient (Wildman–Crippen LogP) is 1.44. The molecule has 1 rings (SSSR count). The van der Waals surface area contributed by atoms with Gasteiger partial charge >= 0.3 is 5.97 Å². The van der Waals surface area contributed by atoms with Crippen molar-refractivity contribution >= 4 is 5.97 Å². The van der Waals surface area contributed by atoms with Gasteiger partial charge in [0, 0.05) is 0 Å². The van der Waals surface area contributed by atoms with E-state index in [0.29, 0.717) is 0 Å². The number of benzene rings is 1. The van der Waals surface area contributed by atoms with Crippen molar-refractivity contribution in [3.05, 3.63) is 42.8 Å². The molecule has 0 spiro atoms. The second-order valence-electron chi connectivity index (χ2n) is 2.09. The minimum absolute atomic E-state index is 0.246. The summed E-state index contributed by atoms with van der Waals surface area (Å²) in [7, 11) is 0. The van der Waals surface area contributed by atoms with Crippen LogP contribution in [0.25, 0.3) is 0 Å². The summed E-state index contributed by atoms with van der Waals surface area (Å²) in [5.74, 6) is -0.742. The van der Waals surface area contributed by atoms with Crippen LogP contribution in [0.2, 0.25) is 0 Å². The lowest BCUT2D eigenvalue weighted by Gasteiger charge is -1.99. The third kappa shape index (κ3) is 2.85. The minimum Gasteiger partial charge on any atom is -0.461 e. The molecular weight excluding hydrogens is 140 g/mol. The average molecular weight is 148 g/mol. The van der Waals surface area contributed by atoms with E-state index < -0.39 is 5.97 Å². The summed E-state index contributed by atoms with van der Waals surface area (Å²) in [6, 6.07) is 9.37. The van der Waals surface area contributed by atoms with E-state index in [1.165, 1.54) is 0 Å². The third-order valence-electron chi connectivity index (χ3n) is 1.22. The van der Waals surface area contributed by atoms with Gasteiger partial charge in [-0.3, -0.25) is 4.79 Å². The van der Waals surface area contributed by atoms with Crippen LogP contribution in [0.1, 0.15) is 5.56 Å². The smallest absolute Gasteiger partial charge is 0.311 e. The van der Waals surface area contributed by atoms with Crippen LogP contribution >= 0.6 is 0 Å². The third-order valence-corrected chi connectivity index (χ3v) is 1.22.